The first-order valence-corrected chi connectivity index (χ1v) is 6.09. The predicted molar refractivity (Wildman–Crippen MR) is 60.0 cm³/mol. The molecular weight excluding hydrogens is 216 g/mol. The van der Waals surface area contributed by atoms with Crippen LogP contribution in [0.25, 0.3) is 0 Å². The van der Waals surface area contributed by atoms with Gasteiger partial charge in [0.1, 0.15) is 5.60 Å². The van der Waals surface area contributed by atoms with Crippen LogP contribution in [0.15, 0.2) is 0 Å². The number of carboxylic acids is 1. The van der Waals surface area contributed by atoms with E-state index in [-0.39, 0.29) is 6.42 Å². The second kappa shape index (κ2) is 6.00. The first-order chi connectivity index (χ1) is 6.76. The molecule has 88 valence electrons. The molecule has 0 aliphatic carbocycles. The molecule has 4 nitrogen and oxygen atoms in total. The van der Waals surface area contributed by atoms with Crippen LogP contribution in [0.2, 0.25) is 0 Å². The lowest BCUT2D eigenvalue weighted by molar-refractivity contribution is -0.159. The number of carboxylic acid groups (broad SMARTS) is 1. The summed E-state index contributed by atoms with van der Waals surface area (Å²) in [4.78, 5) is 22.1. The summed E-state index contributed by atoms with van der Waals surface area (Å²) in [5.74, 6) is -1.64. The molecule has 0 aromatic rings. The van der Waals surface area contributed by atoms with Crippen LogP contribution in [0.1, 0.15) is 27.2 Å². The molecule has 0 unspecified atom stereocenters. The highest BCUT2D eigenvalue weighted by molar-refractivity contribution is 7.98. The third-order valence-electron chi connectivity index (χ3n) is 1.55. The van der Waals surface area contributed by atoms with Crippen molar-refractivity contribution in [2.24, 2.45) is 5.92 Å². The summed E-state index contributed by atoms with van der Waals surface area (Å²) >= 11 is 1.41. The third kappa shape index (κ3) is 7.25. The Morgan fingerprint density at radius 3 is 2.27 bits per heavy atom. The summed E-state index contributed by atoms with van der Waals surface area (Å²) in [6.45, 7) is 5.28. The van der Waals surface area contributed by atoms with Gasteiger partial charge < -0.3 is 9.84 Å². The van der Waals surface area contributed by atoms with Crippen molar-refractivity contribution in [3.63, 3.8) is 0 Å². The monoisotopic (exact) mass is 234 g/mol. The van der Waals surface area contributed by atoms with Gasteiger partial charge >= 0.3 is 11.9 Å². The molecule has 0 saturated carbocycles. The van der Waals surface area contributed by atoms with Gasteiger partial charge in [0.15, 0.2) is 0 Å². The van der Waals surface area contributed by atoms with Crippen LogP contribution in [0.4, 0.5) is 0 Å². The zero-order chi connectivity index (χ0) is 12.1. The van der Waals surface area contributed by atoms with Crippen molar-refractivity contribution in [1.82, 2.24) is 0 Å². The first-order valence-electron chi connectivity index (χ1n) is 4.70. The zero-order valence-electron chi connectivity index (χ0n) is 9.57. The van der Waals surface area contributed by atoms with Gasteiger partial charge in [-0.05, 0) is 27.0 Å². The van der Waals surface area contributed by atoms with E-state index >= 15 is 0 Å². The minimum Gasteiger partial charge on any atom is -0.481 e. The van der Waals surface area contributed by atoms with Crippen LogP contribution in [-0.4, -0.2) is 34.7 Å². The molecule has 0 spiro atoms. The smallest absolute Gasteiger partial charge is 0.307 e. The lowest BCUT2D eigenvalue weighted by Gasteiger charge is -2.20. The maximum Gasteiger partial charge on any atom is 0.307 e. The summed E-state index contributed by atoms with van der Waals surface area (Å²) in [5, 5.41) is 8.83. The molecule has 0 fully saturated rings. The van der Waals surface area contributed by atoms with Crippen LogP contribution in [0.5, 0.6) is 0 Å². The van der Waals surface area contributed by atoms with Crippen LogP contribution in [0.3, 0.4) is 0 Å². The first kappa shape index (κ1) is 14.3. The Morgan fingerprint density at radius 1 is 1.40 bits per heavy atom. The standard InChI is InChI=1S/C10H18O4S/c1-10(2,3)14-8(11)5-7(6-15-4)9(12)13/h7H,5-6H2,1-4H3,(H,12,13)/t7-/m0/s1. The Bertz CT molecular complexity index is 232. The van der Waals surface area contributed by atoms with Crippen molar-refractivity contribution in [2.75, 3.05) is 12.0 Å². The second-order valence-electron chi connectivity index (χ2n) is 4.28. The number of carbonyl (C=O) groups is 2. The van der Waals surface area contributed by atoms with Gasteiger partial charge in [0.05, 0.1) is 12.3 Å². The summed E-state index contributed by atoms with van der Waals surface area (Å²) in [6, 6.07) is 0. The van der Waals surface area contributed by atoms with Gasteiger partial charge in [-0.1, -0.05) is 0 Å². The average Bonchev–Trinajstić information content (AvgIpc) is 1.99. The highest BCUT2D eigenvalue weighted by atomic mass is 32.2. The normalized spacial score (nSPS) is 13.3. The van der Waals surface area contributed by atoms with Crippen molar-refractivity contribution in [2.45, 2.75) is 32.8 Å². The van der Waals surface area contributed by atoms with E-state index in [1.54, 1.807) is 20.8 Å². The van der Waals surface area contributed by atoms with Crippen molar-refractivity contribution in [1.29, 1.82) is 0 Å². The Labute approximate surface area is 94.4 Å². The van der Waals surface area contributed by atoms with Gasteiger partial charge in [-0.25, -0.2) is 0 Å². The summed E-state index contributed by atoms with van der Waals surface area (Å²) in [6.07, 6.45) is 1.75. The van der Waals surface area contributed by atoms with Gasteiger partial charge in [-0.3, -0.25) is 9.59 Å². The quantitative estimate of drug-likeness (QED) is 0.735. The molecular formula is C10H18O4S. The van der Waals surface area contributed by atoms with Crippen LogP contribution in [0, 0.1) is 5.92 Å². The molecule has 0 rings (SSSR count). The van der Waals surface area contributed by atoms with E-state index in [9.17, 15) is 9.59 Å². The fourth-order valence-corrected chi connectivity index (χ4v) is 1.67. The number of ether oxygens (including phenoxy) is 1. The van der Waals surface area contributed by atoms with Crippen molar-refractivity contribution < 1.29 is 19.4 Å². The van der Waals surface area contributed by atoms with Gasteiger partial charge in [-0.15, -0.1) is 0 Å². The van der Waals surface area contributed by atoms with Crippen LogP contribution >= 0.6 is 11.8 Å². The Hall–Kier alpha value is -0.710. The minimum atomic E-state index is -0.949. The van der Waals surface area contributed by atoms with Gasteiger partial charge in [0, 0.05) is 5.75 Å². The van der Waals surface area contributed by atoms with E-state index in [0.29, 0.717) is 5.75 Å². The molecule has 1 N–H and O–H groups in total. The fraction of sp³-hybridized carbons (Fsp3) is 0.800. The number of esters is 1. The number of rotatable bonds is 5. The van der Waals surface area contributed by atoms with E-state index in [4.69, 9.17) is 9.84 Å². The molecule has 0 bridgehead atoms. The second-order valence-corrected chi connectivity index (χ2v) is 5.19. The average molecular weight is 234 g/mol. The fourth-order valence-electron chi connectivity index (χ4n) is 1.00. The number of thioether (sulfide) groups is 1. The van der Waals surface area contributed by atoms with Gasteiger partial charge in [-0.2, -0.15) is 11.8 Å². The minimum absolute atomic E-state index is 0.0621. The SMILES string of the molecule is CSC[C@H](CC(=O)OC(C)(C)C)C(=O)O. The van der Waals surface area contributed by atoms with E-state index < -0.39 is 23.5 Å². The van der Waals surface area contributed by atoms with Gasteiger partial charge in [0.25, 0.3) is 0 Å². The molecule has 0 heterocycles. The molecule has 0 saturated heterocycles. The largest absolute Gasteiger partial charge is 0.481 e. The molecule has 15 heavy (non-hydrogen) atoms. The topological polar surface area (TPSA) is 63.6 Å². The molecule has 0 aliphatic rings. The van der Waals surface area contributed by atoms with Crippen molar-refractivity contribution >= 4 is 23.7 Å². The summed E-state index contributed by atoms with van der Waals surface area (Å²) in [7, 11) is 0. The molecule has 0 radical (unpaired) electrons. The van der Waals surface area contributed by atoms with Gasteiger partial charge in [0.2, 0.25) is 0 Å². The third-order valence-corrected chi connectivity index (χ3v) is 2.29. The molecule has 0 amide bonds. The number of aliphatic carboxylic acids is 1. The molecule has 5 heteroatoms. The number of hydrogen-bond acceptors (Lipinski definition) is 4. The maximum absolute atomic E-state index is 11.4. The summed E-state index contributed by atoms with van der Waals surface area (Å²) < 4.78 is 5.05. The van der Waals surface area contributed by atoms with E-state index in [0.717, 1.165) is 0 Å². The highest BCUT2D eigenvalue weighted by Gasteiger charge is 2.24. The molecule has 0 aliphatic heterocycles. The predicted octanol–water partition coefficient (Wildman–Crippen LogP) is 1.78. The summed E-state index contributed by atoms with van der Waals surface area (Å²) in [5.41, 5.74) is -0.556. The molecule has 0 aromatic carbocycles. The highest BCUT2D eigenvalue weighted by Crippen LogP contribution is 2.15. The van der Waals surface area contributed by atoms with Crippen molar-refractivity contribution in [3.8, 4) is 0 Å². The van der Waals surface area contributed by atoms with E-state index in [1.807, 2.05) is 6.26 Å². The number of carbonyl (C=O) groups excluding carboxylic acids is 1. The Kier molecular flexibility index (Phi) is 5.72. The van der Waals surface area contributed by atoms with E-state index in [1.165, 1.54) is 11.8 Å². The molecule has 0 aromatic heterocycles. The Morgan fingerprint density at radius 2 is 1.93 bits per heavy atom. The number of hydrogen-bond donors (Lipinski definition) is 1. The lowest BCUT2D eigenvalue weighted by Crippen LogP contribution is -2.28. The zero-order valence-corrected chi connectivity index (χ0v) is 10.4. The lowest BCUT2D eigenvalue weighted by atomic mass is 10.1. The van der Waals surface area contributed by atoms with Crippen molar-refractivity contribution in [3.05, 3.63) is 0 Å². The Balaban J connectivity index is 4.18. The van der Waals surface area contributed by atoms with Crippen LogP contribution < -0.4 is 0 Å². The maximum atomic E-state index is 11.4. The van der Waals surface area contributed by atoms with Crippen LogP contribution in [-0.2, 0) is 14.3 Å². The molecule has 1 atom stereocenters. The van der Waals surface area contributed by atoms with E-state index in [2.05, 4.69) is 0 Å².